The van der Waals surface area contributed by atoms with Crippen LogP contribution in [-0.2, 0) is 25.7 Å². The van der Waals surface area contributed by atoms with Gasteiger partial charge in [-0.3, -0.25) is 9.69 Å². The van der Waals surface area contributed by atoms with Crippen molar-refractivity contribution < 1.29 is 22.0 Å². The molecular weight excluding hydrogens is 378 g/mol. The van der Waals surface area contributed by atoms with Crippen LogP contribution in [0.3, 0.4) is 0 Å². The van der Waals surface area contributed by atoms with Gasteiger partial charge >= 0.3 is 6.18 Å². The topological polar surface area (TPSA) is 62.1 Å². The molecule has 0 unspecified atom stereocenters. The Kier molecular flexibility index (Phi) is 4.54. The number of hydrogen-bond acceptors (Lipinski definition) is 4. The highest BCUT2D eigenvalue weighted by atomic mass is 19.4. The van der Waals surface area contributed by atoms with Crippen LogP contribution in [0, 0.1) is 5.82 Å². The summed E-state index contributed by atoms with van der Waals surface area (Å²) >= 11 is 0. The third-order valence-electron chi connectivity index (χ3n) is 4.71. The van der Waals surface area contributed by atoms with Crippen molar-refractivity contribution in [3.05, 3.63) is 75.2 Å². The number of alkyl halides is 3. The number of fused-ring (bicyclic) bond motifs is 1. The van der Waals surface area contributed by atoms with Crippen LogP contribution in [0.4, 0.5) is 17.6 Å². The Morgan fingerprint density at radius 3 is 2.75 bits per heavy atom. The molecule has 1 N–H and O–H groups in total. The first kappa shape index (κ1) is 18.4. The van der Waals surface area contributed by atoms with Crippen molar-refractivity contribution >= 4 is 0 Å². The third-order valence-corrected chi connectivity index (χ3v) is 4.71. The van der Waals surface area contributed by atoms with Gasteiger partial charge in [-0.05, 0) is 30.7 Å². The summed E-state index contributed by atoms with van der Waals surface area (Å²) in [4.78, 5) is 21.0. The molecule has 1 aromatic carbocycles. The molecule has 3 heterocycles. The second kappa shape index (κ2) is 6.90. The van der Waals surface area contributed by atoms with Crippen LogP contribution in [0.1, 0.15) is 22.4 Å². The van der Waals surface area contributed by atoms with E-state index in [1.807, 2.05) is 0 Å². The quantitative estimate of drug-likeness (QED) is 0.689. The van der Waals surface area contributed by atoms with Crippen LogP contribution >= 0.6 is 0 Å². The second-order valence-corrected chi connectivity index (χ2v) is 6.54. The number of H-pyrrole nitrogens is 1. The van der Waals surface area contributed by atoms with Crippen LogP contribution in [0.15, 0.2) is 45.8 Å². The minimum absolute atomic E-state index is 0.137. The van der Waals surface area contributed by atoms with Crippen molar-refractivity contribution in [1.82, 2.24) is 14.9 Å². The third kappa shape index (κ3) is 3.45. The van der Waals surface area contributed by atoms with Crippen LogP contribution in [0.2, 0.25) is 0 Å². The Labute approximate surface area is 156 Å². The SMILES string of the molecule is O=c1[nH]c(-c2ccco2)nc2c1CCN(Cc1c(F)cccc1C(F)(F)F)C2. The van der Waals surface area contributed by atoms with E-state index in [1.54, 1.807) is 17.0 Å². The summed E-state index contributed by atoms with van der Waals surface area (Å²) in [6, 6.07) is 6.22. The number of aromatic amines is 1. The highest BCUT2D eigenvalue weighted by Gasteiger charge is 2.35. The Morgan fingerprint density at radius 2 is 2.04 bits per heavy atom. The second-order valence-electron chi connectivity index (χ2n) is 6.54. The number of rotatable bonds is 3. The minimum Gasteiger partial charge on any atom is -0.461 e. The van der Waals surface area contributed by atoms with Gasteiger partial charge in [-0.2, -0.15) is 13.2 Å². The van der Waals surface area contributed by atoms with Crippen molar-refractivity contribution in [2.24, 2.45) is 0 Å². The first-order valence-corrected chi connectivity index (χ1v) is 8.56. The average molecular weight is 393 g/mol. The highest BCUT2D eigenvalue weighted by Crippen LogP contribution is 2.34. The number of furan rings is 1. The number of benzene rings is 1. The standard InChI is InChI=1S/C19H15F4N3O2/c20-14-4-1-3-13(19(21,22)23)12(14)9-26-7-6-11-15(10-26)24-17(25-18(11)27)16-5-2-8-28-16/h1-5,8H,6-7,9-10H2,(H,24,25,27). The molecule has 0 atom stereocenters. The molecule has 3 aromatic rings. The van der Waals surface area contributed by atoms with Crippen molar-refractivity contribution in [3.63, 3.8) is 0 Å². The van der Waals surface area contributed by atoms with Gasteiger partial charge in [0.2, 0.25) is 0 Å². The predicted octanol–water partition coefficient (Wildman–Crippen LogP) is 3.75. The molecule has 0 saturated carbocycles. The molecule has 0 fully saturated rings. The Balaban J connectivity index is 1.65. The molecule has 1 aliphatic rings. The molecule has 146 valence electrons. The molecule has 28 heavy (non-hydrogen) atoms. The lowest BCUT2D eigenvalue weighted by Crippen LogP contribution is -2.35. The van der Waals surface area contributed by atoms with Gasteiger partial charge < -0.3 is 9.40 Å². The summed E-state index contributed by atoms with van der Waals surface area (Å²) in [5.41, 5.74) is -0.775. The van der Waals surface area contributed by atoms with Crippen molar-refractivity contribution in [3.8, 4) is 11.6 Å². The summed E-state index contributed by atoms with van der Waals surface area (Å²) in [6.07, 6.45) is -2.89. The van der Waals surface area contributed by atoms with Gasteiger partial charge in [0.05, 0.1) is 17.5 Å². The van der Waals surface area contributed by atoms with E-state index in [-0.39, 0.29) is 24.5 Å². The maximum Gasteiger partial charge on any atom is 0.416 e. The summed E-state index contributed by atoms with van der Waals surface area (Å²) in [5, 5.41) is 0. The fourth-order valence-corrected chi connectivity index (χ4v) is 3.37. The first-order chi connectivity index (χ1) is 13.3. The molecule has 9 heteroatoms. The maximum atomic E-state index is 14.1. The van der Waals surface area contributed by atoms with Crippen molar-refractivity contribution in [2.75, 3.05) is 6.54 Å². The molecule has 0 aliphatic carbocycles. The lowest BCUT2D eigenvalue weighted by molar-refractivity contribution is -0.138. The van der Waals surface area contributed by atoms with E-state index < -0.39 is 23.1 Å². The summed E-state index contributed by atoms with van der Waals surface area (Å²) in [5.74, 6) is -0.279. The zero-order chi connectivity index (χ0) is 19.9. The average Bonchev–Trinajstić information content (AvgIpc) is 3.17. The summed E-state index contributed by atoms with van der Waals surface area (Å²) < 4.78 is 59.1. The van der Waals surface area contributed by atoms with E-state index in [0.717, 1.165) is 18.2 Å². The number of aromatic nitrogens is 2. The fourth-order valence-electron chi connectivity index (χ4n) is 3.37. The van der Waals surface area contributed by atoms with E-state index in [4.69, 9.17) is 4.42 Å². The minimum atomic E-state index is -4.65. The van der Waals surface area contributed by atoms with E-state index in [1.165, 1.54) is 6.26 Å². The predicted molar refractivity (Wildman–Crippen MR) is 91.8 cm³/mol. The van der Waals surface area contributed by atoms with E-state index in [2.05, 4.69) is 9.97 Å². The van der Waals surface area contributed by atoms with Gasteiger partial charge in [0.25, 0.3) is 5.56 Å². The van der Waals surface area contributed by atoms with E-state index >= 15 is 0 Å². The molecule has 0 radical (unpaired) electrons. The molecule has 4 rings (SSSR count). The van der Waals surface area contributed by atoms with Crippen LogP contribution in [0.5, 0.6) is 0 Å². The number of halogens is 4. The lowest BCUT2D eigenvalue weighted by atomic mass is 10.0. The lowest BCUT2D eigenvalue weighted by Gasteiger charge is -2.28. The van der Waals surface area contributed by atoms with Crippen LogP contribution < -0.4 is 5.56 Å². The van der Waals surface area contributed by atoms with Gasteiger partial charge in [0, 0.05) is 30.8 Å². The number of hydrogen-bond donors (Lipinski definition) is 1. The van der Waals surface area contributed by atoms with Crippen molar-refractivity contribution in [2.45, 2.75) is 25.7 Å². The first-order valence-electron chi connectivity index (χ1n) is 8.56. The fraction of sp³-hybridized carbons (Fsp3) is 0.263. The molecule has 5 nitrogen and oxygen atoms in total. The number of nitrogens with zero attached hydrogens (tertiary/aromatic N) is 2. The molecule has 1 aliphatic heterocycles. The molecule has 0 bridgehead atoms. The van der Waals surface area contributed by atoms with Crippen LogP contribution in [0.25, 0.3) is 11.6 Å². The normalized spacial score (nSPS) is 14.9. The largest absolute Gasteiger partial charge is 0.461 e. The Bertz CT molecular complexity index is 1060. The van der Waals surface area contributed by atoms with Gasteiger partial charge in [0.1, 0.15) is 5.82 Å². The Morgan fingerprint density at radius 1 is 1.21 bits per heavy atom. The molecule has 0 spiro atoms. The van der Waals surface area contributed by atoms with Gasteiger partial charge in [-0.15, -0.1) is 0 Å². The zero-order valence-corrected chi connectivity index (χ0v) is 14.5. The van der Waals surface area contributed by atoms with E-state index in [0.29, 0.717) is 30.0 Å². The van der Waals surface area contributed by atoms with Crippen LogP contribution in [-0.4, -0.2) is 21.4 Å². The highest BCUT2D eigenvalue weighted by molar-refractivity contribution is 5.47. The van der Waals surface area contributed by atoms with E-state index in [9.17, 15) is 22.4 Å². The molecule has 2 aromatic heterocycles. The van der Waals surface area contributed by atoms with Crippen molar-refractivity contribution in [1.29, 1.82) is 0 Å². The number of nitrogens with one attached hydrogen (secondary N) is 1. The van der Waals surface area contributed by atoms with Gasteiger partial charge in [-0.1, -0.05) is 6.07 Å². The Hall–Kier alpha value is -2.94. The monoisotopic (exact) mass is 393 g/mol. The zero-order valence-electron chi connectivity index (χ0n) is 14.5. The van der Waals surface area contributed by atoms with Gasteiger partial charge in [0.15, 0.2) is 11.6 Å². The molecular formula is C19H15F4N3O2. The van der Waals surface area contributed by atoms with Gasteiger partial charge in [-0.25, -0.2) is 9.37 Å². The summed E-state index contributed by atoms with van der Waals surface area (Å²) in [7, 11) is 0. The molecule has 0 saturated heterocycles. The smallest absolute Gasteiger partial charge is 0.416 e. The summed E-state index contributed by atoms with van der Waals surface area (Å²) in [6.45, 7) is 0.230. The molecule has 0 amide bonds. The maximum absolute atomic E-state index is 14.1.